The summed E-state index contributed by atoms with van der Waals surface area (Å²) in [6, 6.07) is 0. The molecule has 0 N–H and O–H groups in total. The van der Waals surface area contributed by atoms with Crippen molar-refractivity contribution >= 4 is 17.9 Å². The van der Waals surface area contributed by atoms with Crippen molar-refractivity contribution in [3.05, 3.63) is 109 Å². The minimum absolute atomic E-state index is 0.117. The molecule has 0 aliphatic carbocycles. The van der Waals surface area contributed by atoms with Gasteiger partial charge in [0.25, 0.3) is 0 Å². The summed E-state index contributed by atoms with van der Waals surface area (Å²) in [5.41, 5.74) is 0. The van der Waals surface area contributed by atoms with Gasteiger partial charge in [0.1, 0.15) is 13.2 Å². The zero-order chi connectivity index (χ0) is 49.3. The van der Waals surface area contributed by atoms with Crippen LogP contribution in [-0.2, 0) is 28.6 Å². The van der Waals surface area contributed by atoms with Gasteiger partial charge in [-0.05, 0) is 96.3 Å². The van der Waals surface area contributed by atoms with Crippen LogP contribution >= 0.6 is 0 Å². The predicted molar refractivity (Wildman–Crippen MR) is 293 cm³/mol. The van der Waals surface area contributed by atoms with Gasteiger partial charge in [-0.15, -0.1) is 0 Å². The van der Waals surface area contributed by atoms with Crippen molar-refractivity contribution < 1.29 is 28.6 Å². The van der Waals surface area contributed by atoms with Gasteiger partial charge in [0, 0.05) is 19.3 Å². The normalized spacial score (nSPS) is 12.9. The maximum absolute atomic E-state index is 12.8. The number of allylic oxidation sites excluding steroid dienone is 18. The van der Waals surface area contributed by atoms with Gasteiger partial charge in [-0.2, -0.15) is 0 Å². The second-order valence-corrected chi connectivity index (χ2v) is 18.1. The highest BCUT2D eigenvalue weighted by atomic mass is 16.6. The first-order chi connectivity index (χ1) is 33.5. The Hall–Kier alpha value is -3.93. The summed E-state index contributed by atoms with van der Waals surface area (Å²) < 4.78 is 16.7. The van der Waals surface area contributed by atoms with Crippen LogP contribution in [0.5, 0.6) is 0 Å². The van der Waals surface area contributed by atoms with Gasteiger partial charge in [-0.1, -0.05) is 239 Å². The van der Waals surface area contributed by atoms with Crippen molar-refractivity contribution in [2.24, 2.45) is 0 Å². The molecule has 0 heterocycles. The highest BCUT2D eigenvalue weighted by Crippen LogP contribution is 2.15. The molecule has 386 valence electrons. The lowest BCUT2D eigenvalue weighted by Gasteiger charge is -2.18. The molecule has 0 radical (unpaired) electrons. The molecule has 0 aliphatic heterocycles. The van der Waals surface area contributed by atoms with Crippen molar-refractivity contribution in [1.29, 1.82) is 0 Å². The summed E-state index contributed by atoms with van der Waals surface area (Å²) in [6.07, 6.45) is 75.1. The van der Waals surface area contributed by atoms with E-state index in [4.69, 9.17) is 14.2 Å². The smallest absolute Gasteiger partial charge is 0.306 e. The molecule has 0 rings (SSSR count). The lowest BCUT2D eigenvalue weighted by Crippen LogP contribution is -2.30. The Morgan fingerprint density at radius 2 is 0.588 bits per heavy atom. The Balaban J connectivity index is 4.56. The van der Waals surface area contributed by atoms with Crippen LogP contribution < -0.4 is 0 Å². The Bertz CT molecular complexity index is 1410. The number of unbranched alkanes of at least 4 members (excludes halogenated alkanes) is 20. The highest BCUT2D eigenvalue weighted by molar-refractivity contribution is 5.71. The van der Waals surface area contributed by atoms with E-state index in [9.17, 15) is 14.4 Å². The molecule has 0 aromatic carbocycles. The summed E-state index contributed by atoms with van der Waals surface area (Å²) in [5.74, 6) is -1.03. The van der Waals surface area contributed by atoms with Gasteiger partial charge in [0.05, 0.1) is 0 Å². The molecule has 6 heteroatoms. The number of esters is 3. The van der Waals surface area contributed by atoms with Gasteiger partial charge >= 0.3 is 17.9 Å². The first-order valence-electron chi connectivity index (χ1n) is 27.9. The average Bonchev–Trinajstić information content (AvgIpc) is 3.34. The van der Waals surface area contributed by atoms with Crippen LogP contribution in [-0.4, -0.2) is 37.2 Å². The van der Waals surface area contributed by atoms with Crippen LogP contribution in [0.3, 0.4) is 0 Å². The number of carbonyl (C=O) groups excluding carboxylic acids is 3. The van der Waals surface area contributed by atoms with Crippen LogP contribution in [0.25, 0.3) is 0 Å². The van der Waals surface area contributed by atoms with Crippen LogP contribution in [0, 0.1) is 0 Å². The third-order valence-corrected chi connectivity index (χ3v) is 11.5. The average molecular weight is 943 g/mol. The fourth-order valence-corrected chi connectivity index (χ4v) is 7.35. The standard InChI is InChI=1S/C62H102O6/c1-4-7-10-13-16-19-22-25-28-31-34-37-40-43-46-49-52-55-61(64)67-58-59(57-66-60(63)54-51-48-45-42-39-36-33-30-27-24-21-18-15-12-9-6-3)68-62(65)56-53-50-47-44-41-38-35-32-29-26-23-20-17-14-11-8-5-2/h7,10,16-17,19-20,25-26,28-29,34-35,37-38,43-44,46-47,59H,4-6,8-9,11-15,18,21-24,27,30-33,36,39-42,45,48-58H2,1-3H3/b10-7-,19-16-,20-17-,28-25-,29-26-,37-34-,38-35-,46-43-,47-44-. The minimum Gasteiger partial charge on any atom is -0.462 e. The van der Waals surface area contributed by atoms with Crippen molar-refractivity contribution in [2.45, 2.75) is 252 Å². The quantitative estimate of drug-likeness (QED) is 0.0262. The van der Waals surface area contributed by atoms with Crippen LogP contribution in [0.4, 0.5) is 0 Å². The van der Waals surface area contributed by atoms with E-state index in [1.54, 1.807) is 0 Å². The van der Waals surface area contributed by atoms with Gasteiger partial charge in [-0.3, -0.25) is 14.4 Å². The molecule has 0 saturated heterocycles. The number of carbonyl (C=O) groups is 3. The first kappa shape index (κ1) is 64.1. The van der Waals surface area contributed by atoms with E-state index in [1.165, 1.54) is 109 Å². The molecule has 1 atom stereocenters. The van der Waals surface area contributed by atoms with E-state index in [2.05, 4.69) is 130 Å². The summed E-state index contributed by atoms with van der Waals surface area (Å²) in [4.78, 5) is 38.1. The van der Waals surface area contributed by atoms with Gasteiger partial charge < -0.3 is 14.2 Å². The fourth-order valence-electron chi connectivity index (χ4n) is 7.35. The van der Waals surface area contributed by atoms with Crippen molar-refractivity contribution in [3.8, 4) is 0 Å². The van der Waals surface area contributed by atoms with E-state index >= 15 is 0 Å². The summed E-state index contributed by atoms with van der Waals surface area (Å²) in [6.45, 7) is 6.41. The zero-order valence-electron chi connectivity index (χ0n) is 44.1. The molecule has 0 aliphatic rings. The first-order valence-corrected chi connectivity index (χ1v) is 27.9. The van der Waals surface area contributed by atoms with Crippen LogP contribution in [0.2, 0.25) is 0 Å². The number of rotatable bonds is 49. The van der Waals surface area contributed by atoms with Gasteiger partial charge in [-0.25, -0.2) is 0 Å². The molecule has 6 nitrogen and oxygen atoms in total. The molecular weight excluding hydrogens is 841 g/mol. The molecule has 1 unspecified atom stereocenters. The maximum atomic E-state index is 12.8. The van der Waals surface area contributed by atoms with Crippen molar-refractivity contribution in [3.63, 3.8) is 0 Å². The topological polar surface area (TPSA) is 78.9 Å². The Morgan fingerprint density at radius 1 is 0.309 bits per heavy atom. The van der Waals surface area contributed by atoms with E-state index in [0.717, 1.165) is 83.5 Å². The monoisotopic (exact) mass is 943 g/mol. The summed E-state index contributed by atoms with van der Waals surface area (Å²) in [7, 11) is 0. The molecule has 0 amide bonds. The Morgan fingerprint density at radius 3 is 0.956 bits per heavy atom. The minimum atomic E-state index is -0.830. The molecular formula is C62H102O6. The van der Waals surface area contributed by atoms with Crippen molar-refractivity contribution in [1.82, 2.24) is 0 Å². The summed E-state index contributed by atoms with van der Waals surface area (Å²) >= 11 is 0. The second kappa shape index (κ2) is 55.7. The number of ether oxygens (including phenoxy) is 3. The number of hydrogen-bond donors (Lipinski definition) is 0. The Labute approximate surface area is 419 Å². The third-order valence-electron chi connectivity index (χ3n) is 11.5. The van der Waals surface area contributed by atoms with E-state index in [-0.39, 0.29) is 44.0 Å². The highest BCUT2D eigenvalue weighted by Gasteiger charge is 2.19. The molecule has 0 spiro atoms. The van der Waals surface area contributed by atoms with Gasteiger partial charge in [0.2, 0.25) is 0 Å². The van der Waals surface area contributed by atoms with Crippen LogP contribution in [0.15, 0.2) is 109 Å². The molecule has 0 saturated carbocycles. The zero-order valence-corrected chi connectivity index (χ0v) is 44.1. The van der Waals surface area contributed by atoms with Crippen molar-refractivity contribution in [2.75, 3.05) is 13.2 Å². The third kappa shape index (κ3) is 53.0. The maximum Gasteiger partial charge on any atom is 0.306 e. The van der Waals surface area contributed by atoms with E-state index in [0.29, 0.717) is 19.3 Å². The number of hydrogen-bond acceptors (Lipinski definition) is 6. The molecule has 0 aromatic rings. The summed E-state index contributed by atoms with van der Waals surface area (Å²) in [5, 5.41) is 0. The Kier molecular flexibility index (Phi) is 52.4. The largest absolute Gasteiger partial charge is 0.462 e. The molecule has 0 bridgehead atoms. The lowest BCUT2D eigenvalue weighted by molar-refractivity contribution is -0.167. The molecule has 68 heavy (non-hydrogen) atoms. The fraction of sp³-hybridized carbons (Fsp3) is 0.661. The van der Waals surface area contributed by atoms with Gasteiger partial charge in [0.15, 0.2) is 6.10 Å². The van der Waals surface area contributed by atoms with E-state index < -0.39 is 6.10 Å². The van der Waals surface area contributed by atoms with Crippen LogP contribution in [0.1, 0.15) is 245 Å². The molecule has 0 aromatic heterocycles. The second-order valence-electron chi connectivity index (χ2n) is 18.1. The van der Waals surface area contributed by atoms with E-state index in [1.807, 2.05) is 0 Å². The lowest BCUT2D eigenvalue weighted by atomic mass is 10.0. The predicted octanol–water partition coefficient (Wildman–Crippen LogP) is 18.7. The SMILES string of the molecule is CC/C=C\C/C=C\C/C=C\C/C=C\C/C=C\CCCC(=O)OCC(COC(=O)CCCCCCCCCCCCCCCCCC)OC(=O)CCC/C=C\C/C=C\C/C=C\C/C=C\CCCCC. The molecule has 0 fully saturated rings.